The molecule has 1 fully saturated rings. The topological polar surface area (TPSA) is 129 Å². The zero-order valence-corrected chi connectivity index (χ0v) is 25.0. The number of piperazine rings is 1. The van der Waals surface area contributed by atoms with E-state index in [-0.39, 0.29) is 28.3 Å². The minimum Gasteiger partial charge on any atom is -0.494 e. The Labute approximate surface area is 245 Å². The Hall–Kier alpha value is -4.23. The summed E-state index contributed by atoms with van der Waals surface area (Å²) in [5.74, 6) is -0.894. The summed E-state index contributed by atoms with van der Waals surface area (Å²) < 4.78 is 46.2. The monoisotopic (exact) mass is 597 g/mol. The normalized spacial score (nSPS) is 14.0. The number of carbonyl (C=O) groups is 1. The lowest BCUT2D eigenvalue weighted by molar-refractivity contribution is -0.111. The van der Waals surface area contributed by atoms with Gasteiger partial charge in [0.05, 0.1) is 46.2 Å². The number of halogens is 1. The summed E-state index contributed by atoms with van der Waals surface area (Å²) in [5.41, 5.74) is 1.93. The Kier molecular flexibility index (Phi) is 9.63. The summed E-state index contributed by atoms with van der Waals surface area (Å²) in [4.78, 5) is 25.2. The number of nitrogens with one attached hydrogen (secondary N) is 3. The fourth-order valence-electron chi connectivity index (χ4n) is 4.52. The third kappa shape index (κ3) is 6.80. The molecule has 0 radical (unpaired) electrons. The quantitative estimate of drug-likeness (QED) is 0.271. The van der Waals surface area contributed by atoms with Gasteiger partial charge < -0.3 is 30.5 Å². The summed E-state index contributed by atoms with van der Waals surface area (Å²) in [6, 6.07) is 9.77. The molecular weight excluding hydrogens is 561 g/mol. The summed E-state index contributed by atoms with van der Waals surface area (Å²) in [6.07, 6.45) is 2.17. The summed E-state index contributed by atoms with van der Waals surface area (Å²) in [5, 5.41) is 8.04. The van der Waals surface area contributed by atoms with E-state index >= 15 is 0 Å². The molecule has 3 N–H and O–H groups in total. The Balaban J connectivity index is 1.68. The summed E-state index contributed by atoms with van der Waals surface area (Å²) >= 11 is 0. The maximum Gasteiger partial charge on any atom is 0.247 e. The van der Waals surface area contributed by atoms with Crippen LogP contribution < -0.4 is 25.6 Å². The van der Waals surface area contributed by atoms with Crippen LogP contribution in [-0.2, 0) is 14.6 Å². The molecule has 0 atom stereocenters. The van der Waals surface area contributed by atoms with Crippen molar-refractivity contribution in [2.75, 3.05) is 60.7 Å². The maximum absolute atomic E-state index is 14.8. The van der Waals surface area contributed by atoms with E-state index in [1.165, 1.54) is 19.3 Å². The molecule has 224 valence electrons. The number of likely N-dealkylation sites (N-methyl/N-ethyl adjacent to an activating group) is 1. The summed E-state index contributed by atoms with van der Waals surface area (Å²) in [7, 11) is -2.13. The van der Waals surface area contributed by atoms with Crippen molar-refractivity contribution >= 4 is 50.3 Å². The van der Waals surface area contributed by atoms with E-state index in [1.54, 1.807) is 38.1 Å². The highest BCUT2D eigenvalue weighted by Crippen LogP contribution is 2.39. The van der Waals surface area contributed by atoms with Crippen molar-refractivity contribution in [3.8, 4) is 5.75 Å². The molecule has 0 bridgehead atoms. The van der Waals surface area contributed by atoms with Crippen LogP contribution >= 0.6 is 0 Å². The van der Waals surface area contributed by atoms with Gasteiger partial charge in [0.15, 0.2) is 21.5 Å². The average Bonchev–Trinajstić information content (AvgIpc) is 2.99. The van der Waals surface area contributed by atoms with Crippen molar-refractivity contribution in [2.45, 2.75) is 30.9 Å². The number of amides is 1. The molecule has 13 heteroatoms. The Morgan fingerprint density at radius 2 is 1.83 bits per heavy atom. The highest BCUT2D eigenvalue weighted by molar-refractivity contribution is 7.92. The van der Waals surface area contributed by atoms with Gasteiger partial charge in [0.1, 0.15) is 5.75 Å². The number of hydrogen-bond acceptors (Lipinski definition) is 10. The number of nitrogens with zero attached hydrogens (tertiary/aromatic N) is 4. The van der Waals surface area contributed by atoms with Gasteiger partial charge in [-0.2, -0.15) is 4.98 Å². The second-order valence-electron chi connectivity index (χ2n) is 9.91. The van der Waals surface area contributed by atoms with Crippen LogP contribution in [0.25, 0.3) is 0 Å². The molecule has 0 spiro atoms. The first-order valence-electron chi connectivity index (χ1n) is 13.6. The van der Waals surface area contributed by atoms with Gasteiger partial charge in [-0.15, -0.1) is 0 Å². The van der Waals surface area contributed by atoms with E-state index in [1.807, 2.05) is 6.07 Å². The molecule has 0 unspecified atom stereocenters. The number of para-hydroxylation sites is 1. The van der Waals surface area contributed by atoms with Crippen LogP contribution in [0.2, 0.25) is 0 Å². The molecule has 1 saturated heterocycles. The SMILES string of the molecule is C=CC(=O)Nc1cc(Nc2ncc(F)c(Nc3ccccc3S(=O)(=O)C(C)C)n2)c(OC)cc1N1CCN(CC)CC1. The number of methoxy groups -OCH3 is 1. The molecule has 3 aromatic rings. The molecule has 11 nitrogen and oxygen atoms in total. The lowest BCUT2D eigenvalue weighted by Crippen LogP contribution is -2.46. The molecule has 1 aliphatic heterocycles. The van der Waals surface area contributed by atoms with Crippen molar-refractivity contribution in [3.63, 3.8) is 0 Å². The first-order valence-corrected chi connectivity index (χ1v) is 15.1. The lowest BCUT2D eigenvalue weighted by Gasteiger charge is -2.36. The van der Waals surface area contributed by atoms with Crippen LogP contribution in [0.15, 0.2) is 60.1 Å². The van der Waals surface area contributed by atoms with E-state index in [9.17, 15) is 17.6 Å². The van der Waals surface area contributed by atoms with Crippen LogP contribution in [0, 0.1) is 5.82 Å². The Morgan fingerprint density at radius 3 is 2.48 bits per heavy atom. The van der Waals surface area contributed by atoms with Gasteiger partial charge in [-0.05, 0) is 44.7 Å². The van der Waals surface area contributed by atoms with E-state index in [2.05, 4.69) is 49.2 Å². The average molecular weight is 598 g/mol. The van der Waals surface area contributed by atoms with Crippen LogP contribution in [0.4, 0.5) is 38.9 Å². The number of ether oxygens (including phenoxy) is 1. The molecule has 1 amide bonds. The van der Waals surface area contributed by atoms with Crippen molar-refractivity contribution < 1.29 is 22.3 Å². The molecular formula is C29H36FN7O4S. The highest BCUT2D eigenvalue weighted by Gasteiger charge is 2.24. The third-order valence-electron chi connectivity index (χ3n) is 6.98. The number of rotatable bonds is 11. The molecule has 0 saturated carbocycles. The first-order chi connectivity index (χ1) is 20.1. The third-order valence-corrected chi connectivity index (χ3v) is 9.19. The van der Waals surface area contributed by atoms with E-state index < -0.39 is 20.9 Å². The van der Waals surface area contributed by atoms with Crippen LogP contribution in [0.5, 0.6) is 5.75 Å². The number of benzene rings is 2. The predicted octanol–water partition coefficient (Wildman–Crippen LogP) is 4.56. The highest BCUT2D eigenvalue weighted by atomic mass is 32.2. The van der Waals surface area contributed by atoms with Gasteiger partial charge in [0, 0.05) is 32.2 Å². The lowest BCUT2D eigenvalue weighted by atomic mass is 10.1. The number of aromatic nitrogens is 2. The van der Waals surface area contributed by atoms with Crippen molar-refractivity contribution in [2.24, 2.45) is 0 Å². The van der Waals surface area contributed by atoms with Gasteiger partial charge >= 0.3 is 0 Å². The van der Waals surface area contributed by atoms with E-state index in [0.717, 1.165) is 44.6 Å². The molecule has 2 aromatic carbocycles. The maximum atomic E-state index is 14.8. The van der Waals surface area contributed by atoms with Crippen LogP contribution in [-0.4, -0.2) is 74.3 Å². The smallest absolute Gasteiger partial charge is 0.247 e. The van der Waals surface area contributed by atoms with Gasteiger partial charge in [-0.1, -0.05) is 25.6 Å². The zero-order valence-electron chi connectivity index (χ0n) is 24.1. The molecule has 1 aliphatic rings. The first kappa shape index (κ1) is 30.7. The largest absolute Gasteiger partial charge is 0.494 e. The van der Waals surface area contributed by atoms with E-state index in [4.69, 9.17) is 4.74 Å². The summed E-state index contributed by atoms with van der Waals surface area (Å²) in [6.45, 7) is 13.1. The van der Waals surface area contributed by atoms with Crippen molar-refractivity contribution in [1.29, 1.82) is 0 Å². The van der Waals surface area contributed by atoms with Crippen LogP contribution in [0.1, 0.15) is 20.8 Å². The van der Waals surface area contributed by atoms with E-state index in [0.29, 0.717) is 17.1 Å². The molecule has 2 heterocycles. The van der Waals surface area contributed by atoms with Gasteiger partial charge in [-0.3, -0.25) is 4.79 Å². The molecule has 4 rings (SSSR count). The number of sulfone groups is 1. The minimum absolute atomic E-state index is 0.0201. The fraction of sp³-hybridized carbons (Fsp3) is 0.345. The number of hydrogen-bond donors (Lipinski definition) is 3. The Morgan fingerprint density at radius 1 is 1.12 bits per heavy atom. The van der Waals surface area contributed by atoms with Gasteiger partial charge in [0.25, 0.3) is 0 Å². The second-order valence-corrected chi connectivity index (χ2v) is 12.4. The van der Waals surface area contributed by atoms with Crippen LogP contribution in [0.3, 0.4) is 0 Å². The van der Waals surface area contributed by atoms with Crippen molar-refractivity contribution in [1.82, 2.24) is 14.9 Å². The fourth-order valence-corrected chi connectivity index (χ4v) is 5.72. The Bertz CT molecular complexity index is 1560. The zero-order chi connectivity index (χ0) is 30.4. The van der Waals surface area contributed by atoms with Crippen molar-refractivity contribution in [3.05, 3.63) is 61.1 Å². The number of anilines is 6. The minimum atomic E-state index is -3.65. The van der Waals surface area contributed by atoms with Gasteiger partial charge in [-0.25, -0.2) is 17.8 Å². The standard InChI is InChI=1S/C29H36FN7O4S/c1-6-27(38)32-22-16-23(25(41-5)17-24(22)37-14-12-36(7-2)13-15-37)34-29-31-18-20(30)28(35-29)33-21-10-8-9-11-26(21)42(39,40)19(3)4/h6,8-11,16-19H,1,7,12-15H2,2-5H3,(H,32,38)(H2,31,33,34,35). The second kappa shape index (κ2) is 13.2. The predicted molar refractivity (Wildman–Crippen MR) is 163 cm³/mol. The van der Waals surface area contributed by atoms with Gasteiger partial charge in [0.2, 0.25) is 11.9 Å². The molecule has 42 heavy (non-hydrogen) atoms. The number of carbonyl (C=O) groups excluding carboxylic acids is 1. The molecule has 0 aliphatic carbocycles. The molecule has 1 aromatic heterocycles.